The van der Waals surface area contributed by atoms with Crippen LogP contribution in [-0.2, 0) is 15.9 Å². The second-order valence-electron chi connectivity index (χ2n) is 8.42. The van der Waals surface area contributed by atoms with Crippen molar-refractivity contribution in [3.8, 4) is 17.2 Å². The molecule has 0 amide bonds. The van der Waals surface area contributed by atoms with Crippen molar-refractivity contribution in [2.45, 2.75) is 51.4 Å². The molecule has 3 aromatic carbocycles. The number of hydrogen-bond donors (Lipinski definition) is 0. The summed E-state index contributed by atoms with van der Waals surface area (Å²) in [6.45, 7) is 5.66. The molecule has 0 radical (unpaired) electrons. The number of para-hydroxylation sites is 3. The van der Waals surface area contributed by atoms with Crippen molar-refractivity contribution < 1.29 is 22.8 Å². The Hall–Kier alpha value is -2.80. The second-order valence-corrected chi connectivity index (χ2v) is 10.9. The first kappa shape index (κ1) is 24.3. The van der Waals surface area contributed by atoms with Crippen molar-refractivity contribution in [2.24, 2.45) is 0 Å². The minimum atomic E-state index is -3.52. The summed E-state index contributed by atoms with van der Waals surface area (Å²) in [6, 6.07) is 27.6. The maximum absolute atomic E-state index is 6.87. The Labute approximate surface area is 204 Å². The fourth-order valence-electron chi connectivity index (χ4n) is 3.76. The molecule has 0 aliphatic carbocycles. The van der Waals surface area contributed by atoms with E-state index in [0.29, 0.717) is 24.5 Å². The molecular weight excluding hydrogens is 444 g/mol. The first-order chi connectivity index (χ1) is 16.7. The molecule has 1 aliphatic rings. The molecule has 0 spiro atoms. The summed E-state index contributed by atoms with van der Waals surface area (Å²) in [5.74, 6) is 2.16. The summed E-state index contributed by atoms with van der Waals surface area (Å²) in [5.41, 5.74) is 0.739. The molecule has 1 saturated heterocycles. The molecule has 0 aromatic heterocycles. The molecule has 6 heteroatoms. The molecule has 3 aromatic rings. The van der Waals surface area contributed by atoms with Gasteiger partial charge in [-0.05, 0) is 48.7 Å². The Bertz CT molecular complexity index is 952. The summed E-state index contributed by atoms with van der Waals surface area (Å²) < 4.78 is 32.2. The zero-order valence-corrected chi connectivity index (χ0v) is 21.0. The lowest BCUT2D eigenvalue weighted by Gasteiger charge is -2.35. The van der Waals surface area contributed by atoms with Gasteiger partial charge in [0.1, 0.15) is 17.2 Å². The molecule has 4 rings (SSSR count). The smallest absolute Gasteiger partial charge is 0.482 e. The lowest BCUT2D eigenvalue weighted by molar-refractivity contribution is 0.0494. The summed E-state index contributed by atoms with van der Waals surface area (Å²) in [5, 5.41) is 0. The van der Waals surface area contributed by atoms with Crippen LogP contribution >= 0.6 is 0 Å². The molecule has 1 aliphatic heterocycles. The van der Waals surface area contributed by atoms with E-state index in [1.165, 1.54) is 0 Å². The van der Waals surface area contributed by atoms with E-state index in [1.807, 2.05) is 78.9 Å². The van der Waals surface area contributed by atoms with Crippen LogP contribution in [0.25, 0.3) is 0 Å². The molecule has 0 N–H and O–H groups in total. The van der Waals surface area contributed by atoms with Crippen LogP contribution in [0.2, 0.25) is 0 Å². The Morgan fingerprint density at radius 2 is 1.41 bits per heavy atom. The largest absolute Gasteiger partial charge is 0.730 e. The first-order valence-electron chi connectivity index (χ1n) is 12.2. The molecule has 2 unspecified atom stereocenters. The molecule has 0 bridgehead atoms. The number of rotatable bonds is 14. The van der Waals surface area contributed by atoms with Gasteiger partial charge in [-0.2, -0.15) is 0 Å². The van der Waals surface area contributed by atoms with Gasteiger partial charge in [0, 0.05) is 13.0 Å². The Balaban J connectivity index is 1.75. The van der Waals surface area contributed by atoms with E-state index in [-0.39, 0.29) is 11.8 Å². The Morgan fingerprint density at radius 1 is 0.824 bits per heavy atom. The van der Waals surface area contributed by atoms with Gasteiger partial charge in [-0.25, -0.2) is 0 Å². The van der Waals surface area contributed by atoms with E-state index in [9.17, 15) is 0 Å². The number of ether oxygens (including phenoxy) is 2. The highest BCUT2D eigenvalue weighted by molar-refractivity contribution is 6.64. The standard InChI is InChI=1S/C28H34O5Si/c1-3-5-20-29-28(4-2)34(31-24-15-8-6-9-16-24,32-25-17-10-7-11-18-25)33-27-19-13-12-14-23(27)21-26-22-30-26/h6-19,26,28H,3-5,20-22H2,1-2H3. The lowest BCUT2D eigenvalue weighted by atomic mass is 10.1. The zero-order valence-electron chi connectivity index (χ0n) is 20.0. The van der Waals surface area contributed by atoms with Gasteiger partial charge in [-0.1, -0.05) is 74.9 Å². The SMILES string of the molecule is CCCCOC(CC)[Si](Oc1ccccc1)(Oc1ccccc1)Oc1ccccc1CC1CO1. The van der Waals surface area contributed by atoms with Gasteiger partial charge in [0.2, 0.25) is 0 Å². The van der Waals surface area contributed by atoms with E-state index < -0.39 is 8.80 Å². The van der Waals surface area contributed by atoms with E-state index in [1.54, 1.807) is 0 Å². The molecule has 34 heavy (non-hydrogen) atoms. The van der Waals surface area contributed by atoms with E-state index in [0.717, 1.165) is 37.2 Å². The third kappa shape index (κ3) is 6.62. The summed E-state index contributed by atoms with van der Waals surface area (Å²) in [4.78, 5) is 0. The molecular formula is C28H34O5Si. The molecule has 180 valence electrons. The fourth-order valence-corrected chi connectivity index (χ4v) is 6.54. The van der Waals surface area contributed by atoms with Gasteiger partial charge < -0.3 is 22.8 Å². The number of hydrogen-bond acceptors (Lipinski definition) is 5. The van der Waals surface area contributed by atoms with Crippen LogP contribution in [0, 0.1) is 0 Å². The quantitative estimate of drug-likeness (QED) is 0.156. The average molecular weight is 479 g/mol. The Kier molecular flexibility index (Phi) is 8.63. The highest BCUT2D eigenvalue weighted by atomic mass is 28.4. The van der Waals surface area contributed by atoms with Crippen LogP contribution in [0.15, 0.2) is 84.9 Å². The average Bonchev–Trinajstić information content (AvgIpc) is 3.68. The van der Waals surface area contributed by atoms with Crippen molar-refractivity contribution in [3.05, 3.63) is 90.5 Å². The van der Waals surface area contributed by atoms with Crippen LogP contribution < -0.4 is 13.3 Å². The molecule has 5 nitrogen and oxygen atoms in total. The van der Waals surface area contributed by atoms with Gasteiger partial charge in [0.05, 0.1) is 12.7 Å². The van der Waals surface area contributed by atoms with Crippen LogP contribution in [0.3, 0.4) is 0 Å². The minimum Gasteiger partial charge on any atom is -0.482 e. The van der Waals surface area contributed by atoms with Crippen molar-refractivity contribution in [1.29, 1.82) is 0 Å². The van der Waals surface area contributed by atoms with Gasteiger partial charge >= 0.3 is 8.80 Å². The normalized spacial score (nSPS) is 16.0. The van der Waals surface area contributed by atoms with Crippen molar-refractivity contribution >= 4 is 8.80 Å². The number of unbranched alkanes of at least 4 members (excludes halogenated alkanes) is 1. The van der Waals surface area contributed by atoms with Crippen molar-refractivity contribution in [2.75, 3.05) is 13.2 Å². The summed E-state index contributed by atoms with van der Waals surface area (Å²) in [6.07, 6.45) is 3.75. The minimum absolute atomic E-state index is 0.244. The summed E-state index contributed by atoms with van der Waals surface area (Å²) >= 11 is 0. The molecule has 0 saturated carbocycles. The van der Waals surface area contributed by atoms with Crippen LogP contribution in [0.4, 0.5) is 0 Å². The second kappa shape index (κ2) is 12.1. The van der Waals surface area contributed by atoms with Crippen molar-refractivity contribution in [3.63, 3.8) is 0 Å². The first-order valence-corrected chi connectivity index (χ1v) is 14.0. The maximum Gasteiger partial charge on any atom is 0.730 e. The third-order valence-electron chi connectivity index (χ3n) is 5.66. The van der Waals surface area contributed by atoms with Gasteiger partial charge in [0.25, 0.3) is 0 Å². The Morgan fingerprint density at radius 3 is 1.97 bits per heavy atom. The van der Waals surface area contributed by atoms with Gasteiger partial charge in [-0.15, -0.1) is 0 Å². The predicted molar refractivity (Wildman–Crippen MR) is 135 cm³/mol. The monoisotopic (exact) mass is 478 g/mol. The third-order valence-corrected chi connectivity index (χ3v) is 8.57. The predicted octanol–water partition coefficient (Wildman–Crippen LogP) is 6.24. The summed E-state index contributed by atoms with van der Waals surface area (Å²) in [7, 11) is -3.52. The maximum atomic E-state index is 6.87. The fraction of sp³-hybridized carbons (Fsp3) is 0.357. The van der Waals surface area contributed by atoms with E-state index >= 15 is 0 Å². The van der Waals surface area contributed by atoms with E-state index in [4.69, 9.17) is 22.8 Å². The molecule has 1 heterocycles. The van der Waals surface area contributed by atoms with Gasteiger partial charge in [0.15, 0.2) is 5.73 Å². The highest BCUT2D eigenvalue weighted by Crippen LogP contribution is 2.32. The molecule has 2 atom stereocenters. The molecule has 1 fully saturated rings. The highest BCUT2D eigenvalue weighted by Gasteiger charge is 2.58. The van der Waals surface area contributed by atoms with E-state index in [2.05, 4.69) is 19.9 Å². The van der Waals surface area contributed by atoms with Crippen LogP contribution in [-0.4, -0.2) is 33.8 Å². The zero-order chi connectivity index (χ0) is 23.6. The van der Waals surface area contributed by atoms with Crippen LogP contribution in [0.1, 0.15) is 38.7 Å². The number of benzene rings is 3. The lowest BCUT2D eigenvalue weighted by Crippen LogP contribution is -2.65. The van der Waals surface area contributed by atoms with Gasteiger partial charge in [-0.3, -0.25) is 0 Å². The number of epoxide rings is 1. The van der Waals surface area contributed by atoms with Crippen molar-refractivity contribution in [1.82, 2.24) is 0 Å². The van der Waals surface area contributed by atoms with Crippen LogP contribution in [0.5, 0.6) is 17.2 Å². The topological polar surface area (TPSA) is 49.5 Å².